The summed E-state index contributed by atoms with van der Waals surface area (Å²) >= 11 is 0. The molecule has 7 nitrogen and oxygen atoms in total. The van der Waals surface area contributed by atoms with E-state index in [-0.39, 0.29) is 5.76 Å². The van der Waals surface area contributed by atoms with Crippen LogP contribution in [0, 0.1) is 0 Å². The topological polar surface area (TPSA) is 95.0 Å². The van der Waals surface area contributed by atoms with Gasteiger partial charge in [0.25, 0.3) is 0 Å². The van der Waals surface area contributed by atoms with Crippen molar-refractivity contribution in [2.75, 3.05) is 32.7 Å². The number of nitrogens with two attached hydrogens (primary N) is 1. The zero-order valence-corrected chi connectivity index (χ0v) is 12.6. The molecule has 1 aliphatic heterocycles. The highest BCUT2D eigenvalue weighted by Crippen LogP contribution is 2.15. The van der Waals surface area contributed by atoms with E-state index in [1.807, 2.05) is 13.8 Å². The Kier molecular flexibility index (Phi) is 5.00. The maximum atomic E-state index is 11.6. The monoisotopic (exact) mass is 296 g/mol. The Morgan fingerprint density at radius 3 is 2.57 bits per heavy atom. The number of carbonyl (C=O) groups excluding carboxylic acids is 1. The van der Waals surface area contributed by atoms with Crippen LogP contribution in [-0.2, 0) is 6.54 Å². The van der Waals surface area contributed by atoms with Crippen molar-refractivity contribution in [3.8, 4) is 0 Å². The highest BCUT2D eigenvalue weighted by atomic mass is 16.3. The molecule has 0 aromatic carbocycles. The molecule has 0 spiro atoms. The lowest BCUT2D eigenvalue weighted by Crippen LogP contribution is -2.50. The fourth-order valence-corrected chi connectivity index (χ4v) is 2.62. The Hall–Kier alpha value is -1.41. The van der Waals surface area contributed by atoms with Crippen LogP contribution >= 0.6 is 0 Å². The lowest BCUT2D eigenvalue weighted by molar-refractivity contribution is 0.0166. The van der Waals surface area contributed by atoms with E-state index >= 15 is 0 Å². The van der Waals surface area contributed by atoms with Crippen molar-refractivity contribution in [1.29, 1.82) is 0 Å². The van der Waals surface area contributed by atoms with Gasteiger partial charge in [-0.15, -0.1) is 0 Å². The van der Waals surface area contributed by atoms with E-state index < -0.39 is 11.5 Å². The number of hydrogen-bond donors (Lipinski definition) is 3. The fraction of sp³-hybridized carbons (Fsp3) is 0.643. The molecule has 0 radical (unpaired) electrons. The van der Waals surface area contributed by atoms with Crippen molar-refractivity contribution in [1.82, 2.24) is 15.2 Å². The van der Waals surface area contributed by atoms with E-state index in [0.29, 0.717) is 13.1 Å². The summed E-state index contributed by atoms with van der Waals surface area (Å²) in [6.45, 7) is 8.57. The predicted octanol–water partition coefficient (Wildman–Crippen LogP) is -0.228. The number of piperazine rings is 1. The Morgan fingerprint density at radius 2 is 2.00 bits per heavy atom. The fourth-order valence-electron chi connectivity index (χ4n) is 2.62. The van der Waals surface area contributed by atoms with E-state index in [9.17, 15) is 9.90 Å². The third kappa shape index (κ3) is 4.53. The molecule has 1 aliphatic rings. The molecule has 7 heteroatoms. The van der Waals surface area contributed by atoms with Crippen LogP contribution in [0.2, 0.25) is 0 Å². The van der Waals surface area contributed by atoms with Gasteiger partial charge in [0, 0.05) is 44.8 Å². The Labute approximate surface area is 124 Å². The number of rotatable bonds is 5. The Bertz CT molecular complexity index is 473. The smallest absolute Gasteiger partial charge is 0.301 e. The lowest BCUT2D eigenvalue weighted by Gasteiger charge is -2.37. The molecule has 4 N–H and O–H groups in total. The minimum atomic E-state index is -0.668. The number of furan rings is 1. The maximum absolute atomic E-state index is 11.6. The van der Waals surface area contributed by atoms with Gasteiger partial charge >= 0.3 is 5.91 Å². The van der Waals surface area contributed by atoms with Crippen LogP contribution in [-0.4, -0.2) is 59.1 Å². The largest absolute Gasteiger partial charge is 0.459 e. The maximum Gasteiger partial charge on any atom is 0.301 e. The second kappa shape index (κ2) is 6.57. The second-order valence-electron chi connectivity index (χ2n) is 6.11. The van der Waals surface area contributed by atoms with E-state index in [2.05, 4.69) is 15.2 Å². The summed E-state index contributed by atoms with van der Waals surface area (Å²) in [5.74, 6) is 5.01. The van der Waals surface area contributed by atoms with Crippen molar-refractivity contribution in [3.05, 3.63) is 23.7 Å². The average molecular weight is 296 g/mol. The number of nitrogen functional groups attached to an aromatic ring is 1. The van der Waals surface area contributed by atoms with Crippen molar-refractivity contribution in [2.24, 2.45) is 5.84 Å². The molecular weight excluding hydrogens is 272 g/mol. The third-order valence-electron chi connectivity index (χ3n) is 3.55. The summed E-state index contributed by atoms with van der Waals surface area (Å²) in [6, 6.07) is 1.80. The molecule has 118 valence electrons. The molecule has 2 heterocycles. The molecule has 1 fully saturated rings. The highest BCUT2D eigenvalue weighted by molar-refractivity contribution is 5.92. The van der Waals surface area contributed by atoms with Gasteiger partial charge in [0.2, 0.25) is 0 Å². The number of amides is 1. The predicted molar refractivity (Wildman–Crippen MR) is 78.4 cm³/mol. The minimum absolute atomic E-state index is 0.274. The van der Waals surface area contributed by atoms with Gasteiger partial charge in [-0.05, 0) is 19.9 Å². The van der Waals surface area contributed by atoms with E-state index in [1.165, 1.54) is 6.26 Å². The van der Waals surface area contributed by atoms with Crippen molar-refractivity contribution in [3.63, 3.8) is 0 Å². The van der Waals surface area contributed by atoms with E-state index in [0.717, 1.165) is 31.7 Å². The quantitative estimate of drug-likeness (QED) is 0.395. The van der Waals surface area contributed by atoms with Gasteiger partial charge in [-0.25, -0.2) is 5.84 Å². The van der Waals surface area contributed by atoms with Gasteiger partial charge in [-0.1, -0.05) is 0 Å². The van der Waals surface area contributed by atoms with Crippen molar-refractivity contribution in [2.45, 2.75) is 26.0 Å². The molecule has 0 unspecified atom stereocenters. The first-order chi connectivity index (χ1) is 9.89. The van der Waals surface area contributed by atoms with Crippen LogP contribution in [0.3, 0.4) is 0 Å². The molecule has 1 aromatic rings. The molecule has 2 rings (SSSR count). The van der Waals surface area contributed by atoms with Crippen molar-refractivity contribution < 1.29 is 14.3 Å². The highest BCUT2D eigenvalue weighted by Gasteiger charge is 2.24. The summed E-state index contributed by atoms with van der Waals surface area (Å²) in [5.41, 5.74) is 2.26. The average Bonchev–Trinajstić information content (AvgIpc) is 2.86. The Balaban J connectivity index is 1.87. The molecule has 1 amide bonds. The summed E-state index contributed by atoms with van der Waals surface area (Å²) < 4.78 is 5.18. The van der Waals surface area contributed by atoms with Gasteiger partial charge in [0.15, 0.2) is 5.76 Å². The van der Waals surface area contributed by atoms with Crippen LogP contribution in [0.1, 0.15) is 30.0 Å². The number of hydrogen-bond acceptors (Lipinski definition) is 6. The summed E-state index contributed by atoms with van der Waals surface area (Å²) in [5, 5.41) is 9.84. The third-order valence-corrected chi connectivity index (χ3v) is 3.55. The zero-order valence-electron chi connectivity index (χ0n) is 12.6. The minimum Gasteiger partial charge on any atom is -0.459 e. The SMILES string of the molecule is CC(C)(O)CN1CCN(Cc2ccoc2C(=O)NN)CC1. The van der Waals surface area contributed by atoms with Crippen molar-refractivity contribution >= 4 is 5.91 Å². The van der Waals surface area contributed by atoms with E-state index in [1.54, 1.807) is 6.07 Å². The first-order valence-electron chi connectivity index (χ1n) is 7.13. The number of nitrogens with zero attached hydrogens (tertiary/aromatic N) is 2. The van der Waals surface area contributed by atoms with Gasteiger partial charge in [-0.2, -0.15) is 0 Å². The number of carbonyl (C=O) groups is 1. The molecule has 21 heavy (non-hydrogen) atoms. The molecule has 1 saturated heterocycles. The van der Waals surface area contributed by atoms with Gasteiger partial charge in [0.1, 0.15) is 0 Å². The lowest BCUT2D eigenvalue weighted by atomic mass is 10.1. The summed E-state index contributed by atoms with van der Waals surface area (Å²) in [6.07, 6.45) is 1.50. The first-order valence-corrected chi connectivity index (χ1v) is 7.13. The van der Waals surface area contributed by atoms with E-state index in [4.69, 9.17) is 10.3 Å². The second-order valence-corrected chi connectivity index (χ2v) is 6.11. The van der Waals surface area contributed by atoms with Gasteiger partial charge < -0.3 is 9.52 Å². The van der Waals surface area contributed by atoms with Gasteiger partial charge in [0.05, 0.1) is 11.9 Å². The Morgan fingerprint density at radius 1 is 1.38 bits per heavy atom. The first kappa shape index (κ1) is 16.0. The number of aliphatic hydroxyl groups is 1. The normalized spacial score (nSPS) is 17.9. The van der Waals surface area contributed by atoms with Crippen LogP contribution in [0.15, 0.2) is 16.7 Å². The number of hydrazine groups is 1. The molecule has 0 saturated carbocycles. The zero-order chi connectivity index (χ0) is 15.5. The molecule has 0 atom stereocenters. The summed E-state index contributed by atoms with van der Waals surface area (Å²) in [4.78, 5) is 16.1. The molecule has 0 bridgehead atoms. The standard InChI is InChI=1S/C14H24N4O3/c1-14(2,20)10-18-6-4-17(5-7-18)9-11-3-8-21-12(11)13(19)16-15/h3,8,20H,4-7,9-10,15H2,1-2H3,(H,16,19). The number of nitrogens with one attached hydrogen (secondary N) is 1. The van der Waals surface area contributed by atoms with Crippen LogP contribution in [0.5, 0.6) is 0 Å². The molecule has 1 aromatic heterocycles. The molecule has 0 aliphatic carbocycles. The van der Waals surface area contributed by atoms with Crippen LogP contribution in [0.25, 0.3) is 0 Å². The number of β-amino-alcohol motifs (C(OH)–C–C–N with tert-alkyl or cyclic N) is 1. The summed E-state index contributed by atoms with van der Waals surface area (Å²) in [7, 11) is 0. The van der Waals surface area contributed by atoms with Crippen LogP contribution < -0.4 is 11.3 Å². The molecular formula is C14H24N4O3. The van der Waals surface area contributed by atoms with Crippen LogP contribution in [0.4, 0.5) is 0 Å². The van der Waals surface area contributed by atoms with Gasteiger partial charge in [-0.3, -0.25) is 20.0 Å².